The number of non-ortho nitro benzene ring substituents is 1. The van der Waals surface area contributed by atoms with Gasteiger partial charge >= 0.3 is 12.1 Å². The SMILES string of the molecule is O=C(O)CCNC(=O)c1ccc(CC(C(=O)Nc2cc([N+](=O)[O-])cc(C(F)(F)F)c2)c2ccc(C3CCCCC3)cc2)cc1. The lowest BCUT2D eigenvalue weighted by Crippen LogP contribution is -2.26. The Kier molecular flexibility index (Phi) is 10.4. The van der Waals surface area contributed by atoms with E-state index < -0.39 is 46.1 Å². The van der Waals surface area contributed by atoms with Crippen LogP contribution in [0.5, 0.6) is 0 Å². The molecule has 3 aromatic rings. The van der Waals surface area contributed by atoms with Gasteiger partial charge in [0.15, 0.2) is 0 Å². The predicted octanol–water partition coefficient (Wildman–Crippen LogP) is 6.83. The molecule has 12 heteroatoms. The van der Waals surface area contributed by atoms with E-state index in [1.54, 1.807) is 12.1 Å². The normalized spacial score (nSPS) is 14.4. The van der Waals surface area contributed by atoms with Gasteiger partial charge in [0.2, 0.25) is 5.91 Å². The van der Waals surface area contributed by atoms with Gasteiger partial charge in [-0.1, -0.05) is 55.7 Å². The molecule has 1 unspecified atom stereocenters. The fraction of sp³-hybridized carbons (Fsp3) is 0.344. The zero-order chi connectivity index (χ0) is 31.9. The number of carboxylic acids is 1. The minimum Gasteiger partial charge on any atom is -0.481 e. The summed E-state index contributed by atoms with van der Waals surface area (Å²) >= 11 is 0. The Balaban J connectivity index is 1.60. The second-order valence-corrected chi connectivity index (χ2v) is 10.9. The molecule has 1 aliphatic carbocycles. The zero-order valence-corrected chi connectivity index (χ0v) is 23.7. The Hall–Kier alpha value is -4.74. The van der Waals surface area contributed by atoms with Gasteiger partial charge in [-0.15, -0.1) is 0 Å². The highest BCUT2D eigenvalue weighted by atomic mass is 19.4. The number of halogens is 3. The van der Waals surface area contributed by atoms with Gasteiger partial charge in [0.25, 0.3) is 11.6 Å². The van der Waals surface area contributed by atoms with Crippen molar-refractivity contribution in [3.63, 3.8) is 0 Å². The maximum absolute atomic E-state index is 13.6. The van der Waals surface area contributed by atoms with Crippen molar-refractivity contribution < 1.29 is 37.6 Å². The summed E-state index contributed by atoms with van der Waals surface area (Å²) in [7, 11) is 0. The van der Waals surface area contributed by atoms with E-state index in [0.29, 0.717) is 29.2 Å². The van der Waals surface area contributed by atoms with Crippen LogP contribution in [0.4, 0.5) is 24.5 Å². The molecule has 1 atom stereocenters. The average Bonchev–Trinajstić information content (AvgIpc) is 3.00. The molecule has 3 N–H and O–H groups in total. The second kappa shape index (κ2) is 14.2. The van der Waals surface area contributed by atoms with Gasteiger partial charge < -0.3 is 15.7 Å². The van der Waals surface area contributed by atoms with Gasteiger partial charge in [0, 0.05) is 29.9 Å². The Bertz CT molecular complexity index is 1500. The Morgan fingerprint density at radius 2 is 1.61 bits per heavy atom. The molecule has 9 nitrogen and oxygen atoms in total. The van der Waals surface area contributed by atoms with Gasteiger partial charge in [-0.3, -0.25) is 24.5 Å². The summed E-state index contributed by atoms with van der Waals surface area (Å²) in [5.74, 6) is -2.61. The molecule has 1 fully saturated rings. The number of hydrogen-bond donors (Lipinski definition) is 3. The molecule has 4 rings (SSSR count). The molecular formula is C32H32F3N3O6. The van der Waals surface area contributed by atoms with E-state index in [1.165, 1.54) is 18.6 Å². The largest absolute Gasteiger partial charge is 0.481 e. The van der Waals surface area contributed by atoms with Crippen molar-refractivity contribution in [2.24, 2.45) is 0 Å². The number of rotatable bonds is 11. The third-order valence-corrected chi connectivity index (χ3v) is 7.74. The van der Waals surface area contributed by atoms with E-state index in [1.807, 2.05) is 24.3 Å². The van der Waals surface area contributed by atoms with Crippen LogP contribution in [-0.4, -0.2) is 34.4 Å². The lowest BCUT2D eigenvalue weighted by molar-refractivity contribution is -0.385. The summed E-state index contributed by atoms with van der Waals surface area (Å²) in [4.78, 5) is 47.0. The van der Waals surface area contributed by atoms with Crippen molar-refractivity contribution in [1.82, 2.24) is 5.32 Å². The molecule has 1 aliphatic rings. The first kappa shape index (κ1) is 32.2. The van der Waals surface area contributed by atoms with E-state index in [-0.39, 0.29) is 30.6 Å². The molecule has 0 saturated heterocycles. The van der Waals surface area contributed by atoms with Gasteiger partial charge in [0.05, 0.1) is 22.8 Å². The average molecular weight is 612 g/mol. The van der Waals surface area contributed by atoms with Crippen molar-refractivity contribution >= 4 is 29.2 Å². The maximum Gasteiger partial charge on any atom is 0.416 e. The summed E-state index contributed by atoms with van der Waals surface area (Å²) in [5.41, 5.74) is 0.285. The highest BCUT2D eigenvalue weighted by Gasteiger charge is 2.33. The fourth-order valence-electron chi connectivity index (χ4n) is 5.39. The molecule has 3 aromatic carbocycles. The van der Waals surface area contributed by atoms with Crippen molar-refractivity contribution in [2.75, 3.05) is 11.9 Å². The number of benzene rings is 3. The third kappa shape index (κ3) is 8.65. The van der Waals surface area contributed by atoms with Crippen LogP contribution in [0, 0.1) is 10.1 Å². The standard InChI is InChI=1S/C32H32F3N3O6/c33-32(34,35)25-17-26(19-27(18-25)38(43)44)37-31(42)28(23-12-10-22(11-13-23)21-4-2-1-3-5-21)16-20-6-8-24(9-7-20)30(41)36-15-14-29(39)40/h6-13,17-19,21,28H,1-5,14-16H2,(H,36,41)(H,37,42)(H,39,40). The number of nitro benzene ring substituents is 1. The Morgan fingerprint density at radius 3 is 2.20 bits per heavy atom. The minimum atomic E-state index is -4.86. The number of nitrogens with one attached hydrogen (secondary N) is 2. The van der Waals surface area contributed by atoms with Gasteiger partial charge in [-0.05, 0) is 60.1 Å². The van der Waals surface area contributed by atoms with E-state index in [9.17, 15) is 37.7 Å². The van der Waals surface area contributed by atoms with Crippen molar-refractivity contribution in [3.8, 4) is 0 Å². The monoisotopic (exact) mass is 611 g/mol. The number of nitrogens with zero attached hydrogens (tertiary/aromatic N) is 1. The van der Waals surface area contributed by atoms with Crippen LogP contribution in [-0.2, 0) is 22.2 Å². The number of hydrogen-bond acceptors (Lipinski definition) is 5. The predicted molar refractivity (Wildman–Crippen MR) is 156 cm³/mol. The molecule has 0 radical (unpaired) electrons. The highest BCUT2D eigenvalue weighted by molar-refractivity contribution is 5.97. The summed E-state index contributed by atoms with van der Waals surface area (Å²) in [6.45, 7) is -0.0390. The topological polar surface area (TPSA) is 139 Å². The molecule has 1 saturated carbocycles. The van der Waals surface area contributed by atoms with Gasteiger partial charge in [-0.25, -0.2) is 0 Å². The smallest absolute Gasteiger partial charge is 0.416 e. The van der Waals surface area contributed by atoms with E-state index in [2.05, 4.69) is 10.6 Å². The maximum atomic E-state index is 13.6. The van der Waals surface area contributed by atoms with Crippen LogP contribution in [0.3, 0.4) is 0 Å². The number of carboxylic acid groups (broad SMARTS) is 1. The van der Waals surface area contributed by atoms with Crippen LogP contribution in [0.15, 0.2) is 66.7 Å². The quantitative estimate of drug-likeness (QED) is 0.160. The second-order valence-electron chi connectivity index (χ2n) is 10.9. The number of carbonyl (C=O) groups is 3. The van der Waals surface area contributed by atoms with Crippen molar-refractivity contribution in [3.05, 3.63) is 105 Å². The molecule has 0 aliphatic heterocycles. The Morgan fingerprint density at radius 1 is 0.955 bits per heavy atom. The first-order valence-corrected chi connectivity index (χ1v) is 14.3. The number of nitro groups is 1. The van der Waals surface area contributed by atoms with Crippen molar-refractivity contribution in [2.45, 2.75) is 63.0 Å². The van der Waals surface area contributed by atoms with Crippen LogP contribution < -0.4 is 10.6 Å². The highest BCUT2D eigenvalue weighted by Crippen LogP contribution is 2.36. The zero-order valence-electron chi connectivity index (χ0n) is 23.7. The fourth-order valence-corrected chi connectivity index (χ4v) is 5.39. The summed E-state index contributed by atoms with van der Waals surface area (Å²) in [6.07, 6.45) is 0.685. The third-order valence-electron chi connectivity index (χ3n) is 7.74. The lowest BCUT2D eigenvalue weighted by Gasteiger charge is -2.23. The molecule has 232 valence electrons. The number of carbonyl (C=O) groups excluding carboxylic acids is 2. The van der Waals surface area contributed by atoms with Gasteiger partial charge in [0.1, 0.15) is 0 Å². The van der Waals surface area contributed by atoms with Crippen LogP contribution in [0.25, 0.3) is 0 Å². The summed E-state index contributed by atoms with van der Waals surface area (Å²) in [6, 6.07) is 15.9. The molecule has 0 spiro atoms. The van der Waals surface area contributed by atoms with Crippen LogP contribution in [0.1, 0.15) is 83.0 Å². The number of aliphatic carboxylic acids is 1. The molecule has 0 aromatic heterocycles. The minimum absolute atomic E-state index is 0.0390. The molecule has 0 heterocycles. The van der Waals surface area contributed by atoms with E-state index in [4.69, 9.17) is 5.11 Å². The van der Waals surface area contributed by atoms with Crippen LogP contribution in [0.2, 0.25) is 0 Å². The summed E-state index contributed by atoms with van der Waals surface area (Å²) < 4.78 is 40.4. The lowest BCUT2D eigenvalue weighted by atomic mass is 9.83. The van der Waals surface area contributed by atoms with Crippen LogP contribution >= 0.6 is 0 Å². The van der Waals surface area contributed by atoms with Crippen molar-refractivity contribution in [1.29, 1.82) is 0 Å². The first-order valence-electron chi connectivity index (χ1n) is 14.3. The Labute approximate surface area is 251 Å². The van der Waals surface area contributed by atoms with E-state index >= 15 is 0 Å². The van der Waals surface area contributed by atoms with Gasteiger partial charge in [-0.2, -0.15) is 13.2 Å². The number of alkyl halides is 3. The summed E-state index contributed by atoms with van der Waals surface area (Å²) in [5, 5.41) is 25.0. The number of anilines is 1. The molecule has 0 bridgehead atoms. The number of amides is 2. The molecular weight excluding hydrogens is 579 g/mol. The molecule has 2 amide bonds. The first-order chi connectivity index (χ1) is 20.9. The molecule has 44 heavy (non-hydrogen) atoms. The van der Waals surface area contributed by atoms with E-state index in [0.717, 1.165) is 37.3 Å².